The highest BCUT2D eigenvalue weighted by molar-refractivity contribution is 7.12. The van der Waals surface area contributed by atoms with Crippen LogP contribution in [0.4, 0.5) is 0 Å². The van der Waals surface area contributed by atoms with Crippen LogP contribution in [0.15, 0.2) is 11.4 Å². The summed E-state index contributed by atoms with van der Waals surface area (Å²) in [5, 5.41) is 2.00. The van der Waals surface area contributed by atoms with Gasteiger partial charge in [0.25, 0.3) is 5.91 Å². The van der Waals surface area contributed by atoms with Gasteiger partial charge >= 0.3 is 0 Å². The highest BCUT2D eigenvalue weighted by Gasteiger charge is 2.35. The fraction of sp³-hybridized carbons (Fsp3) is 0.722. The molecule has 5 nitrogen and oxygen atoms in total. The zero-order chi connectivity index (χ0) is 17.1. The molecule has 2 saturated heterocycles. The molecule has 1 amide bonds. The Bertz CT molecular complexity index is 560. The maximum absolute atomic E-state index is 12.7. The Labute approximate surface area is 149 Å². The summed E-state index contributed by atoms with van der Waals surface area (Å²) in [7, 11) is 4.24. The number of rotatable bonds is 4. The Kier molecular flexibility index (Phi) is 5.92. The summed E-state index contributed by atoms with van der Waals surface area (Å²) in [6.07, 6.45) is 1.23. The fourth-order valence-corrected chi connectivity index (χ4v) is 4.48. The smallest absolute Gasteiger partial charge is 0.264 e. The van der Waals surface area contributed by atoms with E-state index in [9.17, 15) is 4.79 Å². The standard InChI is InChI=1S/C18H29N3O2S/c1-14-5-11-24-17(14)18(22)21-6-4-15-12-20(8-7-19(2)3)9-10-23-16(15)13-21/h5,11,15-16H,4,6-10,12-13H2,1-3H3/t15-,16-/m0/s1. The van der Waals surface area contributed by atoms with Crippen molar-refractivity contribution in [2.45, 2.75) is 19.4 Å². The molecule has 0 N–H and O–H groups in total. The van der Waals surface area contributed by atoms with Crippen molar-refractivity contribution in [1.82, 2.24) is 14.7 Å². The van der Waals surface area contributed by atoms with Gasteiger partial charge in [0.2, 0.25) is 0 Å². The summed E-state index contributed by atoms with van der Waals surface area (Å²) in [5.41, 5.74) is 1.09. The zero-order valence-electron chi connectivity index (χ0n) is 15.0. The van der Waals surface area contributed by atoms with Crippen molar-refractivity contribution in [2.75, 3.05) is 60.0 Å². The van der Waals surface area contributed by atoms with Gasteiger partial charge in [-0.05, 0) is 44.4 Å². The molecular formula is C18H29N3O2S. The summed E-state index contributed by atoms with van der Waals surface area (Å²) >= 11 is 1.55. The lowest BCUT2D eigenvalue weighted by Crippen LogP contribution is -2.49. The van der Waals surface area contributed by atoms with E-state index >= 15 is 0 Å². The number of likely N-dealkylation sites (N-methyl/N-ethyl adjacent to an activating group) is 1. The predicted molar refractivity (Wildman–Crippen MR) is 97.8 cm³/mol. The third kappa shape index (κ3) is 4.17. The minimum absolute atomic E-state index is 0.179. The molecule has 0 aromatic carbocycles. The lowest BCUT2D eigenvalue weighted by atomic mass is 9.93. The Balaban J connectivity index is 1.58. The lowest BCUT2D eigenvalue weighted by Gasteiger charge is -2.38. The van der Waals surface area contributed by atoms with Crippen LogP contribution < -0.4 is 0 Å². The summed E-state index contributed by atoms with van der Waals surface area (Å²) in [6, 6.07) is 2.02. The number of thiophene rings is 1. The van der Waals surface area contributed by atoms with E-state index in [1.54, 1.807) is 11.3 Å². The number of carbonyl (C=O) groups excluding carboxylic acids is 1. The number of aryl methyl sites for hydroxylation is 1. The Morgan fingerprint density at radius 1 is 1.38 bits per heavy atom. The van der Waals surface area contributed by atoms with Gasteiger partial charge in [0.05, 0.1) is 17.6 Å². The molecule has 3 heterocycles. The average Bonchev–Trinajstić information content (AvgIpc) is 2.88. The number of piperidine rings is 1. The van der Waals surface area contributed by atoms with E-state index in [0.29, 0.717) is 5.92 Å². The molecule has 1 aromatic heterocycles. The van der Waals surface area contributed by atoms with Crippen molar-refractivity contribution in [3.63, 3.8) is 0 Å². The van der Waals surface area contributed by atoms with Gasteiger partial charge in [0, 0.05) is 45.2 Å². The summed E-state index contributed by atoms with van der Waals surface area (Å²) in [6.45, 7) is 8.65. The number of ether oxygens (including phenoxy) is 1. The van der Waals surface area contributed by atoms with Crippen LogP contribution in [0.3, 0.4) is 0 Å². The molecule has 0 radical (unpaired) electrons. The molecule has 2 atom stereocenters. The molecule has 2 fully saturated rings. The molecular weight excluding hydrogens is 322 g/mol. The SMILES string of the molecule is Cc1ccsc1C(=O)N1CC[C@H]2CN(CCN(C)C)CCO[C@H]2C1. The van der Waals surface area contributed by atoms with Crippen LogP contribution in [0.1, 0.15) is 21.7 Å². The Hall–Kier alpha value is -0.950. The van der Waals surface area contributed by atoms with Crippen LogP contribution in [0, 0.1) is 12.8 Å². The molecule has 0 aliphatic carbocycles. The van der Waals surface area contributed by atoms with E-state index in [4.69, 9.17) is 4.74 Å². The molecule has 134 valence electrons. The predicted octanol–water partition coefficient (Wildman–Crippen LogP) is 1.78. The van der Waals surface area contributed by atoms with Gasteiger partial charge < -0.3 is 14.5 Å². The zero-order valence-corrected chi connectivity index (χ0v) is 15.8. The van der Waals surface area contributed by atoms with Gasteiger partial charge in [-0.2, -0.15) is 0 Å². The first kappa shape index (κ1) is 17.9. The first-order valence-corrected chi connectivity index (χ1v) is 9.74. The van der Waals surface area contributed by atoms with E-state index in [2.05, 4.69) is 23.9 Å². The van der Waals surface area contributed by atoms with Crippen LogP contribution in [-0.2, 0) is 4.74 Å². The maximum Gasteiger partial charge on any atom is 0.264 e. The molecule has 2 aliphatic rings. The molecule has 0 bridgehead atoms. The molecule has 24 heavy (non-hydrogen) atoms. The number of hydrogen-bond donors (Lipinski definition) is 0. The number of carbonyl (C=O) groups is 1. The highest BCUT2D eigenvalue weighted by atomic mass is 32.1. The van der Waals surface area contributed by atoms with Crippen LogP contribution in [0.2, 0.25) is 0 Å². The van der Waals surface area contributed by atoms with Gasteiger partial charge in [-0.15, -0.1) is 11.3 Å². The van der Waals surface area contributed by atoms with Crippen molar-refractivity contribution in [3.8, 4) is 0 Å². The van der Waals surface area contributed by atoms with Crippen LogP contribution in [0.25, 0.3) is 0 Å². The third-order valence-electron chi connectivity index (χ3n) is 5.14. The van der Waals surface area contributed by atoms with E-state index in [-0.39, 0.29) is 12.0 Å². The quantitative estimate of drug-likeness (QED) is 0.828. The number of nitrogens with zero attached hydrogens (tertiary/aromatic N) is 3. The van der Waals surface area contributed by atoms with Crippen molar-refractivity contribution < 1.29 is 9.53 Å². The molecule has 0 unspecified atom stereocenters. The second kappa shape index (κ2) is 7.95. The van der Waals surface area contributed by atoms with Crippen LogP contribution in [0.5, 0.6) is 0 Å². The number of amides is 1. The van der Waals surface area contributed by atoms with E-state index < -0.39 is 0 Å². The maximum atomic E-state index is 12.7. The van der Waals surface area contributed by atoms with Gasteiger partial charge in [0.1, 0.15) is 0 Å². The minimum atomic E-state index is 0.179. The number of fused-ring (bicyclic) bond motifs is 1. The Morgan fingerprint density at radius 3 is 2.92 bits per heavy atom. The number of likely N-dealkylation sites (tertiary alicyclic amines) is 1. The fourth-order valence-electron chi connectivity index (χ4n) is 3.58. The second-order valence-corrected chi connectivity index (χ2v) is 8.16. The molecule has 1 aromatic rings. The third-order valence-corrected chi connectivity index (χ3v) is 6.14. The first-order valence-electron chi connectivity index (χ1n) is 8.86. The minimum Gasteiger partial charge on any atom is -0.375 e. The lowest BCUT2D eigenvalue weighted by molar-refractivity contribution is -0.0170. The van der Waals surface area contributed by atoms with E-state index in [1.165, 1.54) is 0 Å². The van der Waals surface area contributed by atoms with Gasteiger partial charge in [-0.1, -0.05) is 0 Å². The first-order chi connectivity index (χ1) is 11.5. The molecule has 2 aliphatic heterocycles. The molecule has 0 saturated carbocycles. The molecule has 6 heteroatoms. The second-order valence-electron chi connectivity index (χ2n) is 7.25. The van der Waals surface area contributed by atoms with Crippen molar-refractivity contribution in [2.24, 2.45) is 5.92 Å². The summed E-state index contributed by atoms with van der Waals surface area (Å²) in [5.74, 6) is 0.724. The van der Waals surface area contributed by atoms with E-state index in [0.717, 1.165) is 62.7 Å². The van der Waals surface area contributed by atoms with Crippen LogP contribution >= 0.6 is 11.3 Å². The summed E-state index contributed by atoms with van der Waals surface area (Å²) < 4.78 is 6.13. The molecule has 0 spiro atoms. The number of hydrogen-bond acceptors (Lipinski definition) is 5. The normalized spacial score (nSPS) is 25.6. The average molecular weight is 352 g/mol. The Morgan fingerprint density at radius 2 is 2.21 bits per heavy atom. The summed E-state index contributed by atoms with van der Waals surface area (Å²) in [4.78, 5) is 20.4. The topological polar surface area (TPSA) is 36.0 Å². The van der Waals surface area contributed by atoms with Gasteiger partial charge in [-0.3, -0.25) is 9.69 Å². The monoisotopic (exact) mass is 351 g/mol. The van der Waals surface area contributed by atoms with Crippen molar-refractivity contribution in [1.29, 1.82) is 0 Å². The molecule has 3 rings (SSSR count). The largest absolute Gasteiger partial charge is 0.375 e. The van der Waals surface area contributed by atoms with Crippen molar-refractivity contribution in [3.05, 3.63) is 21.9 Å². The van der Waals surface area contributed by atoms with Gasteiger partial charge in [-0.25, -0.2) is 0 Å². The van der Waals surface area contributed by atoms with Gasteiger partial charge in [0.15, 0.2) is 0 Å². The highest BCUT2D eigenvalue weighted by Crippen LogP contribution is 2.26. The van der Waals surface area contributed by atoms with Crippen molar-refractivity contribution >= 4 is 17.2 Å². The van der Waals surface area contributed by atoms with Crippen LogP contribution in [-0.4, -0.2) is 86.7 Å². The van der Waals surface area contributed by atoms with E-state index in [1.807, 2.05) is 23.3 Å².